The van der Waals surface area contributed by atoms with Crippen molar-refractivity contribution < 1.29 is 14.7 Å². The molecule has 6 heterocycles. The fourth-order valence-electron chi connectivity index (χ4n) is 8.66. The van der Waals surface area contributed by atoms with Crippen molar-refractivity contribution in [3.63, 3.8) is 0 Å². The van der Waals surface area contributed by atoms with Crippen LogP contribution in [0.5, 0.6) is 0 Å². The number of hydrogen-bond acceptors (Lipinski definition) is 9. The molecule has 3 aromatic heterocycles. The first-order valence-corrected chi connectivity index (χ1v) is 18.5. The Morgan fingerprint density at radius 3 is 2.49 bits per heavy atom. The van der Waals surface area contributed by atoms with Gasteiger partial charge in [0, 0.05) is 49.8 Å². The number of piperidine rings is 1. The number of pyridine rings is 1. The van der Waals surface area contributed by atoms with Gasteiger partial charge in [0.1, 0.15) is 16.5 Å². The van der Waals surface area contributed by atoms with E-state index in [0.717, 1.165) is 46.5 Å². The summed E-state index contributed by atoms with van der Waals surface area (Å²) in [6.07, 6.45) is 9.50. The summed E-state index contributed by atoms with van der Waals surface area (Å²) < 4.78 is 0. The van der Waals surface area contributed by atoms with E-state index in [1.165, 1.54) is 56.2 Å². The fourth-order valence-corrected chi connectivity index (χ4v) is 11.1. The summed E-state index contributed by atoms with van der Waals surface area (Å²) in [6, 6.07) is 4.92. The molecule has 238 valence electrons. The average Bonchev–Trinajstić information content (AvgIpc) is 3.87. The Morgan fingerprint density at radius 2 is 1.80 bits per heavy atom. The van der Waals surface area contributed by atoms with E-state index >= 15 is 0 Å². The summed E-state index contributed by atoms with van der Waals surface area (Å²) in [5, 5.41) is 16.9. The summed E-state index contributed by atoms with van der Waals surface area (Å²) in [5.74, 6) is 1.63. The van der Waals surface area contributed by atoms with E-state index in [9.17, 15) is 14.7 Å². The van der Waals surface area contributed by atoms with Crippen LogP contribution < -0.4 is 15.1 Å². The zero-order valence-corrected chi connectivity index (χ0v) is 28.0. The first-order chi connectivity index (χ1) is 21.8. The van der Waals surface area contributed by atoms with Gasteiger partial charge in [-0.2, -0.15) is 0 Å². The molecule has 2 saturated carbocycles. The third-order valence-electron chi connectivity index (χ3n) is 10.9. The van der Waals surface area contributed by atoms with Gasteiger partial charge in [0.25, 0.3) is 5.91 Å². The van der Waals surface area contributed by atoms with E-state index < -0.39 is 5.97 Å². The molecule has 3 aliphatic heterocycles. The van der Waals surface area contributed by atoms with Crippen LogP contribution in [0.4, 0.5) is 16.0 Å². The zero-order chi connectivity index (χ0) is 30.8. The van der Waals surface area contributed by atoms with Crippen molar-refractivity contribution in [1.82, 2.24) is 14.9 Å². The number of hydrogen-bond donors (Lipinski definition) is 2. The molecule has 45 heavy (non-hydrogen) atoms. The quantitative estimate of drug-likeness (QED) is 0.279. The number of thiazole rings is 1. The lowest BCUT2D eigenvalue weighted by atomic mass is 9.93. The number of carbonyl (C=O) groups is 2. The van der Waals surface area contributed by atoms with Gasteiger partial charge in [-0.25, -0.2) is 9.97 Å². The van der Waals surface area contributed by atoms with Crippen LogP contribution in [0.2, 0.25) is 10.0 Å². The van der Waals surface area contributed by atoms with Crippen LogP contribution in [-0.2, 0) is 4.79 Å². The minimum atomic E-state index is -0.762. The number of carbonyl (C=O) groups excluding carboxylic acids is 1. The highest BCUT2D eigenvalue weighted by Gasteiger charge is 2.50. The number of carboxylic acids is 1. The summed E-state index contributed by atoms with van der Waals surface area (Å²) in [4.78, 5) is 42.5. The van der Waals surface area contributed by atoms with E-state index in [1.54, 1.807) is 17.4 Å². The molecular weight excluding hydrogens is 651 g/mol. The van der Waals surface area contributed by atoms with Gasteiger partial charge in [-0.05, 0) is 75.0 Å². The van der Waals surface area contributed by atoms with E-state index in [1.807, 2.05) is 16.3 Å². The van der Waals surface area contributed by atoms with Crippen LogP contribution in [0, 0.1) is 23.7 Å². The van der Waals surface area contributed by atoms with Gasteiger partial charge in [0.2, 0.25) is 0 Å². The topological polar surface area (TPSA) is 102 Å². The number of fused-ring (bicyclic) bond motifs is 3. The second-order valence-electron chi connectivity index (χ2n) is 13.4. The second-order valence-corrected chi connectivity index (χ2v) is 16.1. The largest absolute Gasteiger partial charge is 0.481 e. The van der Waals surface area contributed by atoms with Crippen molar-refractivity contribution in [1.29, 1.82) is 0 Å². The van der Waals surface area contributed by atoms with Crippen LogP contribution in [0.3, 0.4) is 0 Å². The third kappa shape index (κ3) is 5.62. The van der Waals surface area contributed by atoms with Gasteiger partial charge < -0.3 is 14.9 Å². The minimum absolute atomic E-state index is 0.322. The van der Waals surface area contributed by atoms with E-state index in [2.05, 4.69) is 20.1 Å². The Hall–Kier alpha value is -2.44. The van der Waals surface area contributed by atoms with E-state index in [4.69, 9.17) is 28.2 Å². The molecule has 9 nitrogen and oxygen atoms in total. The molecule has 0 radical (unpaired) electrons. The molecule has 2 bridgehead atoms. The van der Waals surface area contributed by atoms with Crippen LogP contribution in [0.15, 0.2) is 23.7 Å². The van der Waals surface area contributed by atoms with Crippen molar-refractivity contribution >= 4 is 73.7 Å². The maximum atomic E-state index is 13.4. The van der Waals surface area contributed by atoms with Crippen LogP contribution >= 0.6 is 45.9 Å². The predicted octanol–water partition coefficient (Wildman–Crippen LogP) is 6.83. The lowest BCUT2D eigenvalue weighted by Crippen LogP contribution is -2.45. The highest BCUT2D eigenvalue weighted by atomic mass is 35.5. The first-order valence-electron chi connectivity index (χ1n) is 16.0. The first kappa shape index (κ1) is 29.9. The number of aromatic nitrogens is 2. The lowest BCUT2D eigenvalue weighted by Gasteiger charge is -2.35. The van der Waals surface area contributed by atoms with Gasteiger partial charge >= 0.3 is 5.97 Å². The van der Waals surface area contributed by atoms with E-state index in [-0.39, 0.29) is 11.8 Å². The smallest absolute Gasteiger partial charge is 0.306 e. The van der Waals surface area contributed by atoms with Crippen molar-refractivity contribution in [3.05, 3.63) is 39.3 Å². The monoisotopic (exact) mass is 686 g/mol. The Morgan fingerprint density at radius 1 is 0.956 bits per heavy atom. The molecule has 5 aliphatic rings. The Balaban J connectivity index is 0.996. The molecule has 5 fully saturated rings. The number of nitrogens with one attached hydrogen (secondary N) is 1. The number of thiophene rings is 1. The fraction of sp³-hybridized carbons (Fsp3) is 0.562. The molecule has 1 amide bonds. The summed E-state index contributed by atoms with van der Waals surface area (Å²) in [7, 11) is 0. The molecule has 0 spiro atoms. The number of nitrogens with zero attached hydrogens (tertiary/aromatic N) is 5. The van der Waals surface area contributed by atoms with Gasteiger partial charge in [-0.1, -0.05) is 41.0 Å². The number of anilines is 3. The van der Waals surface area contributed by atoms with E-state index in [0.29, 0.717) is 64.4 Å². The summed E-state index contributed by atoms with van der Waals surface area (Å²) in [6.45, 7) is 4.35. The van der Waals surface area contributed by atoms with Gasteiger partial charge in [0.05, 0.1) is 26.4 Å². The molecule has 0 aromatic carbocycles. The molecule has 5 atom stereocenters. The molecule has 8 rings (SSSR count). The maximum Gasteiger partial charge on any atom is 0.306 e. The highest BCUT2D eigenvalue weighted by Crippen LogP contribution is 2.51. The van der Waals surface area contributed by atoms with Gasteiger partial charge in [-0.3, -0.25) is 19.8 Å². The Labute approximate surface area is 280 Å². The maximum absolute atomic E-state index is 13.4. The number of aliphatic carboxylic acids is 1. The van der Waals surface area contributed by atoms with Crippen molar-refractivity contribution in [2.75, 3.05) is 47.8 Å². The van der Waals surface area contributed by atoms with Crippen LogP contribution in [-0.4, -0.2) is 76.7 Å². The number of rotatable bonds is 7. The molecule has 3 unspecified atom stereocenters. The molecule has 2 N–H and O–H groups in total. The predicted molar refractivity (Wildman–Crippen MR) is 180 cm³/mol. The average molecular weight is 688 g/mol. The number of amides is 1. The lowest BCUT2D eigenvalue weighted by molar-refractivity contribution is -0.142. The standard InChI is InChI=1S/C32H36Cl2N6O3S2/c33-22-12-26(44-16-22)27-30(39-14-20-5-8-40(25(20)15-39)24-10-17-1-2-19(24)9-17)45-32(36-27)37-29(41)21-11-23(34)28(35-13-21)38-6-3-18(4-7-38)31(42)43/h11-13,16-20,24-25H,1-10,14-15H2,(H,42,43)(H,36,37,41)/t17-,19+,20?,24?,25?/m0/s1. The second kappa shape index (κ2) is 12.0. The SMILES string of the molecule is O=C(Nc1nc(-c2cc(Cl)cs2)c(N2CC3CCN(C4C[C@H]5CC[C@@H]4C5)C3C2)s1)c1cnc(N2CCC(C(=O)O)CC2)c(Cl)c1. The molecule has 3 saturated heterocycles. The highest BCUT2D eigenvalue weighted by molar-refractivity contribution is 7.21. The number of halogens is 2. The molecule has 13 heteroatoms. The number of likely N-dealkylation sites (tertiary alicyclic amines) is 1. The summed E-state index contributed by atoms with van der Waals surface area (Å²) >= 11 is 16.0. The molecular formula is C32H36Cl2N6O3S2. The zero-order valence-electron chi connectivity index (χ0n) is 24.8. The normalized spacial score (nSPS) is 28.3. The minimum Gasteiger partial charge on any atom is -0.481 e. The third-order valence-corrected chi connectivity index (χ3v) is 13.5. The molecule has 2 aliphatic carbocycles. The van der Waals surface area contributed by atoms with Crippen LogP contribution in [0.25, 0.3) is 10.6 Å². The Bertz CT molecular complexity index is 1620. The Kier molecular flexibility index (Phi) is 7.96. The summed E-state index contributed by atoms with van der Waals surface area (Å²) in [5.41, 5.74) is 1.22. The van der Waals surface area contributed by atoms with Gasteiger partial charge in [-0.15, -0.1) is 11.3 Å². The van der Waals surface area contributed by atoms with Crippen molar-refractivity contribution in [2.24, 2.45) is 23.7 Å². The molecule has 3 aromatic rings. The van der Waals surface area contributed by atoms with Crippen molar-refractivity contribution in [3.8, 4) is 10.6 Å². The van der Waals surface area contributed by atoms with Gasteiger partial charge in [0.15, 0.2) is 5.13 Å². The number of carboxylic acid groups (broad SMARTS) is 1. The van der Waals surface area contributed by atoms with Crippen molar-refractivity contribution in [2.45, 2.75) is 57.0 Å². The van der Waals surface area contributed by atoms with Crippen LogP contribution in [0.1, 0.15) is 55.3 Å².